The molecule has 0 spiro atoms. The maximum atomic E-state index is 12.9. The lowest BCUT2D eigenvalue weighted by atomic mass is 9.93. The molecule has 1 aromatic rings. The molecule has 30 heavy (non-hydrogen) atoms. The van der Waals surface area contributed by atoms with Crippen LogP contribution in [0.1, 0.15) is 23.2 Å². The van der Waals surface area contributed by atoms with Crippen molar-refractivity contribution in [3.63, 3.8) is 0 Å². The second-order valence-corrected chi connectivity index (χ2v) is 7.88. The second-order valence-electron chi connectivity index (χ2n) is 7.88. The minimum Gasteiger partial charge on any atom is -0.486 e. The highest BCUT2D eigenvalue weighted by atomic mass is 16.7. The summed E-state index contributed by atoms with van der Waals surface area (Å²) in [7, 11) is 1.79. The standard InChI is InChI=1S/C21H31N3O6/c1-22-15-10-16(20-18(11-15)27-6-9-30-20)21(26)23-12-14-2-4-24(13-17(14)25)5-3-19-28-7-8-29-19/h10-11,14,17,19,22,25H,2-9,12-13H2,1H3,(H,23,26)/t14-,17?/m0/s1. The van der Waals surface area contributed by atoms with Gasteiger partial charge in [-0.05, 0) is 19.0 Å². The van der Waals surface area contributed by atoms with E-state index in [-0.39, 0.29) is 18.1 Å². The molecule has 0 bridgehead atoms. The van der Waals surface area contributed by atoms with Crippen LogP contribution in [0.4, 0.5) is 5.69 Å². The van der Waals surface area contributed by atoms with Crippen molar-refractivity contribution in [2.45, 2.75) is 25.2 Å². The fourth-order valence-electron chi connectivity index (χ4n) is 4.13. The highest BCUT2D eigenvalue weighted by Gasteiger charge is 2.29. The molecule has 0 aromatic heterocycles. The van der Waals surface area contributed by atoms with Crippen molar-refractivity contribution in [1.29, 1.82) is 0 Å². The van der Waals surface area contributed by atoms with E-state index in [0.717, 1.165) is 31.6 Å². The molecule has 2 fully saturated rings. The molecule has 2 saturated heterocycles. The third-order valence-corrected chi connectivity index (χ3v) is 5.88. The van der Waals surface area contributed by atoms with Crippen molar-refractivity contribution in [1.82, 2.24) is 10.2 Å². The van der Waals surface area contributed by atoms with Crippen molar-refractivity contribution in [2.24, 2.45) is 5.92 Å². The Bertz CT molecular complexity index is 740. The predicted octanol–water partition coefficient (Wildman–Crippen LogP) is 0.675. The molecule has 9 heteroatoms. The summed E-state index contributed by atoms with van der Waals surface area (Å²) in [5.74, 6) is 0.843. The van der Waals surface area contributed by atoms with Crippen molar-refractivity contribution >= 4 is 11.6 Å². The minimum atomic E-state index is -0.485. The van der Waals surface area contributed by atoms with Gasteiger partial charge in [0.05, 0.1) is 24.9 Å². The van der Waals surface area contributed by atoms with E-state index in [1.54, 1.807) is 13.1 Å². The van der Waals surface area contributed by atoms with Crippen molar-refractivity contribution in [3.05, 3.63) is 17.7 Å². The molecule has 3 aliphatic rings. The van der Waals surface area contributed by atoms with Crippen LogP contribution in [0.25, 0.3) is 0 Å². The van der Waals surface area contributed by atoms with Crippen LogP contribution >= 0.6 is 0 Å². The number of anilines is 1. The molecule has 4 rings (SSSR count). The van der Waals surface area contributed by atoms with Crippen LogP contribution in [-0.4, -0.2) is 88.0 Å². The van der Waals surface area contributed by atoms with Gasteiger partial charge in [-0.25, -0.2) is 0 Å². The molecule has 1 aromatic carbocycles. The van der Waals surface area contributed by atoms with E-state index in [0.29, 0.717) is 56.6 Å². The largest absolute Gasteiger partial charge is 0.486 e. The second kappa shape index (κ2) is 9.82. The molecule has 2 atom stereocenters. The summed E-state index contributed by atoms with van der Waals surface area (Å²) in [6.45, 7) is 4.93. The maximum absolute atomic E-state index is 12.9. The van der Waals surface area contributed by atoms with Gasteiger partial charge in [-0.1, -0.05) is 0 Å². The lowest BCUT2D eigenvalue weighted by Crippen LogP contribution is -2.48. The van der Waals surface area contributed by atoms with E-state index in [2.05, 4.69) is 15.5 Å². The Hall–Kier alpha value is -2.07. The van der Waals surface area contributed by atoms with Gasteiger partial charge in [0, 0.05) is 50.8 Å². The SMILES string of the molecule is CNc1cc2c(c(C(=O)NC[C@@H]3CCN(CCC4OCCO4)CC3O)c1)OCCO2. The summed E-state index contributed by atoms with van der Waals surface area (Å²) in [5, 5.41) is 16.6. The molecular weight excluding hydrogens is 390 g/mol. The fraction of sp³-hybridized carbons (Fsp3) is 0.667. The van der Waals surface area contributed by atoms with E-state index < -0.39 is 6.10 Å². The van der Waals surface area contributed by atoms with Gasteiger partial charge < -0.3 is 39.6 Å². The average molecular weight is 421 g/mol. The van der Waals surface area contributed by atoms with E-state index in [1.807, 2.05) is 6.07 Å². The number of carbonyl (C=O) groups excluding carboxylic acids is 1. The van der Waals surface area contributed by atoms with Crippen molar-refractivity contribution in [3.8, 4) is 11.5 Å². The number of benzene rings is 1. The molecule has 166 valence electrons. The monoisotopic (exact) mass is 421 g/mol. The molecule has 1 amide bonds. The number of aliphatic hydroxyl groups excluding tert-OH is 1. The van der Waals surface area contributed by atoms with E-state index in [4.69, 9.17) is 18.9 Å². The number of carbonyl (C=O) groups is 1. The smallest absolute Gasteiger partial charge is 0.255 e. The zero-order valence-electron chi connectivity index (χ0n) is 17.4. The number of likely N-dealkylation sites (tertiary alicyclic amines) is 1. The number of fused-ring (bicyclic) bond motifs is 1. The lowest BCUT2D eigenvalue weighted by molar-refractivity contribution is -0.0576. The molecule has 3 heterocycles. The van der Waals surface area contributed by atoms with Gasteiger partial charge in [-0.2, -0.15) is 0 Å². The van der Waals surface area contributed by atoms with E-state index in [1.165, 1.54) is 0 Å². The van der Waals surface area contributed by atoms with Crippen LogP contribution in [-0.2, 0) is 9.47 Å². The van der Waals surface area contributed by atoms with Crippen LogP contribution < -0.4 is 20.1 Å². The number of piperidine rings is 1. The molecule has 1 unspecified atom stereocenters. The summed E-state index contributed by atoms with van der Waals surface area (Å²) in [4.78, 5) is 15.1. The Labute approximate surface area is 176 Å². The zero-order valence-corrected chi connectivity index (χ0v) is 17.4. The van der Waals surface area contributed by atoms with Gasteiger partial charge in [0.15, 0.2) is 17.8 Å². The number of aliphatic hydroxyl groups is 1. The lowest BCUT2D eigenvalue weighted by Gasteiger charge is -2.36. The average Bonchev–Trinajstić information content (AvgIpc) is 3.29. The number of nitrogens with zero attached hydrogens (tertiary/aromatic N) is 1. The van der Waals surface area contributed by atoms with Gasteiger partial charge in [-0.3, -0.25) is 4.79 Å². The van der Waals surface area contributed by atoms with Crippen LogP contribution in [0.2, 0.25) is 0 Å². The van der Waals surface area contributed by atoms with Gasteiger partial charge in [0.1, 0.15) is 13.2 Å². The third-order valence-electron chi connectivity index (χ3n) is 5.88. The highest BCUT2D eigenvalue weighted by molar-refractivity contribution is 5.99. The number of hydrogen-bond acceptors (Lipinski definition) is 8. The Morgan fingerprint density at radius 2 is 2.00 bits per heavy atom. The highest BCUT2D eigenvalue weighted by Crippen LogP contribution is 2.37. The quantitative estimate of drug-likeness (QED) is 0.591. The number of nitrogens with one attached hydrogen (secondary N) is 2. The molecule has 0 saturated carbocycles. The van der Waals surface area contributed by atoms with Crippen LogP contribution in [0, 0.1) is 5.92 Å². The Kier molecular flexibility index (Phi) is 6.93. The van der Waals surface area contributed by atoms with Gasteiger partial charge in [-0.15, -0.1) is 0 Å². The van der Waals surface area contributed by atoms with Gasteiger partial charge in [0.2, 0.25) is 0 Å². The van der Waals surface area contributed by atoms with E-state index >= 15 is 0 Å². The summed E-state index contributed by atoms with van der Waals surface area (Å²) >= 11 is 0. The number of ether oxygens (including phenoxy) is 4. The number of hydrogen-bond donors (Lipinski definition) is 3. The minimum absolute atomic E-state index is 0.0182. The van der Waals surface area contributed by atoms with E-state index in [9.17, 15) is 9.90 Å². The summed E-state index contributed by atoms with van der Waals surface area (Å²) in [6.07, 6.45) is 1.02. The summed E-state index contributed by atoms with van der Waals surface area (Å²) in [6, 6.07) is 3.58. The molecule has 9 nitrogen and oxygen atoms in total. The topological polar surface area (TPSA) is 102 Å². The zero-order chi connectivity index (χ0) is 20.9. The first-order chi connectivity index (χ1) is 14.6. The maximum Gasteiger partial charge on any atom is 0.255 e. The predicted molar refractivity (Wildman–Crippen MR) is 110 cm³/mol. The Morgan fingerprint density at radius 3 is 2.77 bits per heavy atom. The number of β-amino-alcohol motifs (C(OH)–C–C–N with tert-alkyl or cyclic N) is 1. The van der Waals surface area contributed by atoms with Crippen molar-refractivity contribution in [2.75, 3.05) is 65.0 Å². The fourth-order valence-corrected chi connectivity index (χ4v) is 4.13. The Balaban J connectivity index is 1.29. The third kappa shape index (κ3) is 4.97. The first-order valence-electron chi connectivity index (χ1n) is 10.7. The first-order valence-corrected chi connectivity index (χ1v) is 10.7. The Morgan fingerprint density at radius 1 is 1.20 bits per heavy atom. The molecule has 0 aliphatic carbocycles. The molecule has 3 N–H and O–H groups in total. The summed E-state index contributed by atoms with van der Waals surface area (Å²) in [5.41, 5.74) is 1.23. The van der Waals surface area contributed by atoms with Gasteiger partial charge >= 0.3 is 0 Å². The van der Waals surface area contributed by atoms with Crippen molar-refractivity contribution < 1.29 is 28.8 Å². The molecule has 0 radical (unpaired) electrons. The normalized spacial score (nSPS) is 24.6. The molecule has 3 aliphatic heterocycles. The summed E-state index contributed by atoms with van der Waals surface area (Å²) < 4.78 is 22.3. The van der Waals surface area contributed by atoms with Crippen LogP contribution in [0.5, 0.6) is 11.5 Å². The van der Waals surface area contributed by atoms with Crippen LogP contribution in [0.15, 0.2) is 12.1 Å². The van der Waals surface area contributed by atoms with Crippen LogP contribution in [0.3, 0.4) is 0 Å². The van der Waals surface area contributed by atoms with Gasteiger partial charge in [0.25, 0.3) is 5.91 Å². The molecular formula is C21H31N3O6. The number of amides is 1. The number of rotatable bonds is 7. The first kappa shape index (κ1) is 21.2.